The summed E-state index contributed by atoms with van der Waals surface area (Å²) in [6.45, 7) is 10.1. The van der Waals surface area contributed by atoms with E-state index in [1.807, 2.05) is 6.07 Å². The quantitative estimate of drug-likeness (QED) is 0.489. The van der Waals surface area contributed by atoms with Gasteiger partial charge in [-0.25, -0.2) is 0 Å². The monoisotopic (exact) mass is 478 g/mol. The van der Waals surface area contributed by atoms with E-state index in [1.165, 1.54) is 23.2 Å². The molecule has 1 fully saturated rings. The maximum absolute atomic E-state index is 13.0. The number of fused-ring (bicyclic) bond motifs is 1. The summed E-state index contributed by atoms with van der Waals surface area (Å²) in [6, 6.07) is 15.3. The minimum atomic E-state index is -0.587. The molecule has 35 heavy (non-hydrogen) atoms. The lowest BCUT2D eigenvalue weighted by atomic mass is 9.99. The van der Waals surface area contributed by atoms with Crippen LogP contribution in [0.1, 0.15) is 60.2 Å². The fourth-order valence-corrected chi connectivity index (χ4v) is 5.36. The molecular formula is C29H42N4O2. The predicted molar refractivity (Wildman–Crippen MR) is 143 cm³/mol. The van der Waals surface area contributed by atoms with E-state index in [1.54, 1.807) is 0 Å². The van der Waals surface area contributed by atoms with Gasteiger partial charge in [-0.05, 0) is 73.5 Å². The molecule has 0 spiro atoms. The molecule has 6 nitrogen and oxygen atoms in total. The van der Waals surface area contributed by atoms with Crippen LogP contribution in [-0.2, 0) is 19.4 Å². The van der Waals surface area contributed by atoms with Crippen molar-refractivity contribution in [1.29, 1.82) is 0 Å². The summed E-state index contributed by atoms with van der Waals surface area (Å²) < 4.78 is 0. The second kappa shape index (κ2) is 12.5. The number of piperidine rings is 1. The van der Waals surface area contributed by atoms with Crippen LogP contribution in [-0.4, -0.2) is 67.3 Å². The average molecular weight is 479 g/mol. The van der Waals surface area contributed by atoms with Crippen LogP contribution in [0, 0.1) is 0 Å². The minimum Gasteiger partial charge on any atom is -0.390 e. The van der Waals surface area contributed by atoms with Gasteiger partial charge < -0.3 is 20.6 Å². The number of amides is 1. The van der Waals surface area contributed by atoms with E-state index in [2.05, 4.69) is 70.7 Å². The van der Waals surface area contributed by atoms with Crippen LogP contribution >= 0.6 is 0 Å². The maximum Gasteiger partial charge on any atom is 0.251 e. The highest BCUT2D eigenvalue weighted by molar-refractivity contribution is 5.96. The Hall–Kier alpha value is -2.41. The predicted octanol–water partition coefficient (Wildman–Crippen LogP) is 3.37. The number of anilines is 1. The van der Waals surface area contributed by atoms with Crippen LogP contribution in [0.3, 0.4) is 0 Å². The van der Waals surface area contributed by atoms with Crippen LogP contribution in [0.4, 0.5) is 5.69 Å². The van der Waals surface area contributed by atoms with Gasteiger partial charge in [0.2, 0.25) is 0 Å². The number of hydrogen-bond donors (Lipinski definition) is 3. The van der Waals surface area contributed by atoms with Gasteiger partial charge in [-0.3, -0.25) is 9.69 Å². The lowest BCUT2D eigenvalue weighted by Gasteiger charge is -2.34. The number of benzene rings is 2. The molecule has 2 heterocycles. The Balaban J connectivity index is 1.27. The van der Waals surface area contributed by atoms with E-state index in [-0.39, 0.29) is 12.5 Å². The molecule has 0 aromatic heterocycles. The van der Waals surface area contributed by atoms with Gasteiger partial charge in [0.25, 0.3) is 5.91 Å². The van der Waals surface area contributed by atoms with Crippen LogP contribution in [0.2, 0.25) is 0 Å². The molecule has 0 radical (unpaired) electrons. The van der Waals surface area contributed by atoms with E-state index in [0.717, 1.165) is 69.5 Å². The summed E-state index contributed by atoms with van der Waals surface area (Å²) in [7, 11) is 0. The Morgan fingerprint density at radius 2 is 1.86 bits per heavy atom. The number of hydrogen-bond acceptors (Lipinski definition) is 5. The molecule has 1 saturated heterocycles. The summed E-state index contributed by atoms with van der Waals surface area (Å²) in [4.78, 5) is 17.7. The first kappa shape index (κ1) is 25.7. The number of nitrogens with zero attached hydrogens (tertiary/aromatic N) is 2. The Labute approximate surface area is 210 Å². The van der Waals surface area contributed by atoms with E-state index < -0.39 is 6.10 Å². The van der Waals surface area contributed by atoms with E-state index in [0.29, 0.717) is 12.6 Å². The van der Waals surface area contributed by atoms with Gasteiger partial charge in [0, 0.05) is 56.6 Å². The molecule has 1 amide bonds. The molecule has 1 atom stereocenters. The summed E-state index contributed by atoms with van der Waals surface area (Å²) in [5, 5.41) is 17.2. The molecule has 0 bridgehead atoms. The molecule has 2 aliphatic rings. The molecule has 1 unspecified atom stereocenters. The highest BCUT2D eigenvalue weighted by Crippen LogP contribution is 2.24. The lowest BCUT2D eigenvalue weighted by Crippen LogP contribution is -2.43. The third-order valence-electron chi connectivity index (χ3n) is 7.43. The first-order valence-corrected chi connectivity index (χ1v) is 13.4. The third-order valence-corrected chi connectivity index (χ3v) is 7.43. The van der Waals surface area contributed by atoms with Crippen LogP contribution in [0.5, 0.6) is 0 Å². The van der Waals surface area contributed by atoms with E-state index >= 15 is 0 Å². The second-order valence-electron chi connectivity index (χ2n) is 10.0. The van der Waals surface area contributed by atoms with Crippen LogP contribution < -0.4 is 15.5 Å². The fraction of sp³-hybridized carbons (Fsp3) is 0.552. The van der Waals surface area contributed by atoms with Gasteiger partial charge in [-0.2, -0.15) is 0 Å². The Morgan fingerprint density at radius 1 is 1.09 bits per heavy atom. The average Bonchev–Trinajstić information content (AvgIpc) is 2.90. The number of carbonyl (C=O) groups excluding carboxylic acids is 1. The molecule has 0 saturated carbocycles. The number of nitrogens with one attached hydrogen (secondary N) is 2. The Bertz CT molecular complexity index is 971. The SMILES string of the molecule is CCCNC1CCN(c2ccc(C(=O)NCC(O)CN3CCc4ccccc4C3)c(CC)c2)CC1. The number of aliphatic hydroxyl groups is 1. The zero-order valence-electron chi connectivity index (χ0n) is 21.4. The molecular weight excluding hydrogens is 436 g/mol. The topological polar surface area (TPSA) is 67.8 Å². The van der Waals surface area contributed by atoms with Crippen molar-refractivity contribution in [2.45, 2.75) is 64.6 Å². The van der Waals surface area contributed by atoms with Crippen molar-refractivity contribution in [3.63, 3.8) is 0 Å². The maximum atomic E-state index is 13.0. The van der Waals surface area contributed by atoms with Gasteiger partial charge in [0.15, 0.2) is 0 Å². The first-order chi connectivity index (χ1) is 17.1. The molecule has 4 rings (SSSR count). The number of β-amino-alcohol motifs (C(OH)–C–C–N with tert-alkyl or cyclic N) is 1. The molecule has 2 aromatic carbocycles. The standard InChI is InChI=1S/C29H42N4O2/c1-3-14-30-25-12-16-33(17-13-25)26-9-10-28(22(4-2)18-26)29(35)31-19-27(34)21-32-15-11-23-7-5-6-8-24(23)20-32/h5-10,18,25,27,30,34H,3-4,11-17,19-21H2,1-2H3,(H,31,35). The molecule has 0 aliphatic carbocycles. The second-order valence-corrected chi connectivity index (χ2v) is 10.0. The normalized spacial score (nSPS) is 17.7. The van der Waals surface area contributed by atoms with Gasteiger partial charge >= 0.3 is 0 Å². The van der Waals surface area contributed by atoms with Crippen molar-refractivity contribution in [1.82, 2.24) is 15.5 Å². The van der Waals surface area contributed by atoms with Gasteiger partial charge in [-0.1, -0.05) is 38.1 Å². The zero-order chi connectivity index (χ0) is 24.6. The number of rotatable bonds is 10. The molecule has 3 N–H and O–H groups in total. The Morgan fingerprint density at radius 3 is 2.60 bits per heavy atom. The van der Waals surface area contributed by atoms with Gasteiger partial charge in [0.1, 0.15) is 0 Å². The third kappa shape index (κ3) is 6.84. The first-order valence-electron chi connectivity index (χ1n) is 13.4. The number of carbonyl (C=O) groups is 1. The Kier molecular flexibility index (Phi) is 9.18. The van der Waals surface area contributed by atoms with Crippen LogP contribution in [0.15, 0.2) is 42.5 Å². The summed E-state index contributed by atoms with van der Waals surface area (Å²) in [5.41, 5.74) is 5.73. The van der Waals surface area contributed by atoms with Crippen molar-refractivity contribution in [3.8, 4) is 0 Å². The van der Waals surface area contributed by atoms with Crippen molar-refractivity contribution < 1.29 is 9.90 Å². The van der Waals surface area contributed by atoms with E-state index in [9.17, 15) is 9.90 Å². The minimum absolute atomic E-state index is 0.0982. The largest absolute Gasteiger partial charge is 0.390 e. The summed E-state index contributed by atoms with van der Waals surface area (Å²) in [6.07, 6.45) is 4.72. The van der Waals surface area contributed by atoms with Gasteiger partial charge in [0.05, 0.1) is 6.10 Å². The van der Waals surface area contributed by atoms with Crippen molar-refractivity contribution >= 4 is 11.6 Å². The molecule has 2 aromatic rings. The zero-order valence-corrected chi connectivity index (χ0v) is 21.4. The highest BCUT2D eigenvalue weighted by Gasteiger charge is 2.22. The smallest absolute Gasteiger partial charge is 0.251 e. The molecule has 190 valence electrons. The highest BCUT2D eigenvalue weighted by atomic mass is 16.3. The number of aryl methyl sites for hydroxylation is 1. The van der Waals surface area contributed by atoms with Crippen molar-refractivity contribution in [3.05, 3.63) is 64.7 Å². The van der Waals surface area contributed by atoms with Crippen molar-refractivity contribution in [2.75, 3.05) is 44.2 Å². The summed E-state index contributed by atoms with van der Waals surface area (Å²) in [5.74, 6) is -0.0982. The van der Waals surface area contributed by atoms with Crippen molar-refractivity contribution in [2.24, 2.45) is 0 Å². The molecule has 2 aliphatic heterocycles. The summed E-state index contributed by atoms with van der Waals surface area (Å²) >= 11 is 0. The van der Waals surface area contributed by atoms with Gasteiger partial charge in [-0.15, -0.1) is 0 Å². The van der Waals surface area contributed by atoms with E-state index in [4.69, 9.17) is 0 Å². The molecule has 6 heteroatoms. The lowest BCUT2D eigenvalue weighted by molar-refractivity contribution is 0.0841. The van der Waals surface area contributed by atoms with Crippen LogP contribution in [0.25, 0.3) is 0 Å². The fourth-order valence-electron chi connectivity index (χ4n) is 5.36. The number of aliphatic hydroxyl groups excluding tert-OH is 1.